The van der Waals surface area contributed by atoms with Crippen LogP contribution in [0.5, 0.6) is 0 Å². The lowest BCUT2D eigenvalue weighted by atomic mass is 10.0. The summed E-state index contributed by atoms with van der Waals surface area (Å²) in [6.07, 6.45) is 2.40. The molecule has 1 fully saturated rings. The molecule has 0 spiro atoms. The van der Waals surface area contributed by atoms with E-state index < -0.39 is 11.9 Å². The van der Waals surface area contributed by atoms with E-state index >= 15 is 0 Å². The SMILES string of the molecule is O=c1cc2c(nn1CCN1CCCCC1CNc1cc(C(F)(F)F)ncn1)CCC2. The first-order valence-electron chi connectivity index (χ1n) is 10.4. The highest BCUT2D eigenvalue weighted by molar-refractivity contribution is 5.35. The maximum absolute atomic E-state index is 12.8. The average Bonchev–Trinajstić information content (AvgIpc) is 3.18. The number of piperidine rings is 1. The van der Waals surface area contributed by atoms with Crippen LogP contribution in [0.4, 0.5) is 19.0 Å². The van der Waals surface area contributed by atoms with Crippen molar-refractivity contribution in [3.8, 4) is 0 Å². The molecule has 0 saturated carbocycles. The molecule has 2 aromatic heterocycles. The van der Waals surface area contributed by atoms with E-state index in [0.717, 1.165) is 68.7 Å². The third kappa shape index (κ3) is 4.80. The van der Waals surface area contributed by atoms with Gasteiger partial charge in [0.25, 0.3) is 5.56 Å². The smallest absolute Gasteiger partial charge is 0.368 e. The van der Waals surface area contributed by atoms with E-state index in [2.05, 4.69) is 25.3 Å². The number of aromatic nitrogens is 4. The lowest BCUT2D eigenvalue weighted by molar-refractivity contribution is -0.141. The first-order chi connectivity index (χ1) is 14.4. The van der Waals surface area contributed by atoms with Crippen molar-refractivity contribution in [2.24, 2.45) is 0 Å². The molecule has 7 nitrogen and oxygen atoms in total. The number of halogens is 3. The van der Waals surface area contributed by atoms with E-state index in [0.29, 0.717) is 19.6 Å². The van der Waals surface area contributed by atoms with Gasteiger partial charge in [0.1, 0.15) is 17.8 Å². The van der Waals surface area contributed by atoms with Crippen LogP contribution < -0.4 is 10.9 Å². The van der Waals surface area contributed by atoms with E-state index in [-0.39, 0.29) is 17.4 Å². The summed E-state index contributed by atoms with van der Waals surface area (Å²) in [5.74, 6) is 0.166. The predicted molar refractivity (Wildman–Crippen MR) is 105 cm³/mol. The van der Waals surface area contributed by atoms with Crippen LogP contribution in [0.15, 0.2) is 23.3 Å². The standard InChI is InChI=1S/C20H25F3N6O/c21-20(22,23)17-11-18(26-13-25-17)24-12-15-5-1-2-7-28(15)8-9-29-19(30)10-14-4-3-6-16(14)27-29/h10-11,13,15H,1-9,12H2,(H,24,25,26). The Hall–Kier alpha value is -2.49. The van der Waals surface area contributed by atoms with Gasteiger partial charge >= 0.3 is 6.18 Å². The molecule has 10 heteroatoms. The molecule has 1 atom stereocenters. The van der Waals surface area contributed by atoms with E-state index in [1.54, 1.807) is 10.7 Å². The minimum Gasteiger partial charge on any atom is -0.368 e. The van der Waals surface area contributed by atoms with Crippen LogP contribution in [-0.4, -0.2) is 50.3 Å². The topological polar surface area (TPSA) is 75.9 Å². The number of nitrogens with zero attached hydrogens (tertiary/aromatic N) is 5. The van der Waals surface area contributed by atoms with E-state index in [9.17, 15) is 18.0 Å². The van der Waals surface area contributed by atoms with E-state index in [4.69, 9.17) is 0 Å². The van der Waals surface area contributed by atoms with Gasteiger partial charge in [0.15, 0.2) is 0 Å². The fourth-order valence-electron chi connectivity index (χ4n) is 4.24. The maximum Gasteiger partial charge on any atom is 0.433 e. The van der Waals surface area contributed by atoms with E-state index in [1.165, 1.54) is 0 Å². The number of likely N-dealkylation sites (tertiary alicyclic amines) is 1. The Morgan fingerprint density at radius 3 is 2.80 bits per heavy atom. The van der Waals surface area contributed by atoms with Crippen molar-refractivity contribution in [2.45, 2.75) is 57.3 Å². The summed E-state index contributed by atoms with van der Waals surface area (Å²) in [7, 11) is 0. The molecular weight excluding hydrogens is 397 g/mol. The molecule has 0 aromatic carbocycles. The van der Waals surface area contributed by atoms with Gasteiger partial charge < -0.3 is 5.32 Å². The number of nitrogens with one attached hydrogen (secondary N) is 1. The van der Waals surface area contributed by atoms with Crippen molar-refractivity contribution in [1.82, 2.24) is 24.6 Å². The van der Waals surface area contributed by atoms with Crippen molar-refractivity contribution >= 4 is 5.82 Å². The second-order valence-electron chi connectivity index (χ2n) is 7.88. The number of fused-ring (bicyclic) bond motifs is 1. The molecule has 0 radical (unpaired) electrons. The Morgan fingerprint density at radius 2 is 1.97 bits per heavy atom. The second-order valence-corrected chi connectivity index (χ2v) is 7.88. The quantitative estimate of drug-likeness (QED) is 0.771. The van der Waals surface area contributed by atoms with Crippen LogP contribution in [0.3, 0.4) is 0 Å². The molecule has 1 N–H and O–H groups in total. The van der Waals surface area contributed by atoms with Crippen LogP contribution in [0, 0.1) is 0 Å². The van der Waals surface area contributed by atoms with Gasteiger partial charge in [0, 0.05) is 31.3 Å². The predicted octanol–water partition coefficient (Wildman–Crippen LogP) is 2.51. The lowest BCUT2D eigenvalue weighted by Crippen LogP contribution is -2.45. The summed E-state index contributed by atoms with van der Waals surface area (Å²) in [5, 5.41) is 7.55. The zero-order valence-corrected chi connectivity index (χ0v) is 16.7. The number of rotatable bonds is 6. The number of hydrogen-bond acceptors (Lipinski definition) is 6. The Labute approximate surface area is 172 Å². The largest absolute Gasteiger partial charge is 0.433 e. The van der Waals surface area contributed by atoms with Crippen molar-refractivity contribution < 1.29 is 13.2 Å². The molecular formula is C20H25F3N6O. The second kappa shape index (κ2) is 8.71. The number of aryl methyl sites for hydroxylation is 2. The van der Waals surface area contributed by atoms with Crippen molar-refractivity contribution in [3.05, 3.63) is 45.8 Å². The normalized spacial score (nSPS) is 19.6. The molecule has 0 bridgehead atoms. The van der Waals surface area contributed by atoms with Gasteiger partial charge in [0.2, 0.25) is 0 Å². The molecule has 3 heterocycles. The summed E-state index contributed by atoms with van der Waals surface area (Å²) >= 11 is 0. The summed E-state index contributed by atoms with van der Waals surface area (Å²) in [5.41, 5.74) is 1.07. The first kappa shape index (κ1) is 20.8. The Balaban J connectivity index is 1.37. The molecule has 2 aliphatic rings. The molecule has 1 unspecified atom stereocenters. The molecule has 2 aromatic rings. The number of hydrogen-bond donors (Lipinski definition) is 1. The molecule has 1 saturated heterocycles. The summed E-state index contributed by atoms with van der Waals surface area (Å²) in [4.78, 5) is 21.8. The first-order valence-corrected chi connectivity index (χ1v) is 10.4. The monoisotopic (exact) mass is 422 g/mol. The van der Waals surface area contributed by atoms with Crippen LogP contribution >= 0.6 is 0 Å². The highest BCUT2D eigenvalue weighted by Gasteiger charge is 2.33. The highest BCUT2D eigenvalue weighted by atomic mass is 19.4. The maximum atomic E-state index is 12.8. The minimum atomic E-state index is -4.49. The van der Waals surface area contributed by atoms with Gasteiger partial charge in [-0.25, -0.2) is 14.6 Å². The third-order valence-corrected chi connectivity index (χ3v) is 5.85. The number of alkyl halides is 3. The summed E-state index contributed by atoms with van der Waals surface area (Å²) in [6, 6.07) is 2.80. The van der Waals surface area contributed by atoms with Gasteiger partial charge in [-0.3, -0.25) is 9.69 Å². The van der Waals surface area contributed by atoms with Crippen molar-refractivity contribution in [3.63, 3.8) is 0 Å². The van der Waals surface area contributed by atoms with Crippen LogP contribution in [0.25, 0.3) is 0 Å². The Bertz CT molecular complexity index is 945. The summed E-state index contributed by atoms with van der Waals surface area (Å²) < 4.78 is 40.1. The molecule has 4 rings (SSSR count). The van der Waals surface area contributed by atoms with Gasteiger partial charge in [0.05, 0.1) is 12.2 Å². The zero-order chi connectivity index (χ0) is 21.1. The van der Waals surface area contributed by atoms with Gasteiger partial charge in [-0.05, 0) is 44.2 Å². The molecule has 1 aliphatic heterocycles. The Morgan fingerprint density at radius 1 is 1.10 bits per heavy atom. The van der Waals surface area contributed by atoms with Gasteiger partial charge in [-0.15, -0.1) is 0 Å². The highest BCUT2D eigenvalue weighted by Crippen LogP contribution is 2.28. The fraction of sp³-hybridized carbons (Fsp3) is 0.600. The van der Waals surface area contributed by atoms with Crippen LogP contribution in [0.1, 0.15) is 42.6 Å². The van der Waals surface area contributed by atoms with Crippen molar-refractivity contribution in [2.75, 3.05) is 25.0 Å². The van der Waals surface area contributed by atoms with Crippen LogP contribution in [-0.2, 0) is 25.6 Å². The molecule has 1 aliphatic carbocycles. The van der Waals surface area contributed by atoms with E-state index in [1.807, 2.05) is 0 Å². The Kier molecular flexibility index (Phi) is 6.03. The average molecular weight is 422 g/mol. The number of anilines is 1. The van der Waals surface area contributed by atoms with Gasteiger partial charge in [-0.1, -0.05) is 6.42 Å². The summed E-state index contributed by atoms with van der Waals surface area (Å²) in [6.45, 7) is 2.56. The molecule has 30 heavy (non-hydrogen) atoms. The zero-order valence-electron chi connectivity index (χ0n) is 16.7. The molecule has 0 amide bonds. The minimum absolute atomic E-state index is 0.0667. The van der Waals surface area contributed by atoms with Crippen molar-refractivity contribution in [1.29, 1.82) is 0 Å². The fourth-order valence-corrected chi connectivity index (χ4v) is 4.24. The molecule has 162 valence electrons. The van der Waals surface area contributed by atoms with Crippen LogP contribution in [0.2, 0.25) is 0 Å². The van der Waals surface area contributed by atoms with Gasteiger partial charge in [-0.2, -0.15) is 18.3 Å². The third-order valence-electron chi connectivity index (χ3n) is 5.85. The lowest BCUT2D eigenvalue weighted by Gasteiger charge is -2.36.